The predicted octanol–water partition coefficient (Wildman–Crippen LogP) is 1.34. The highest BCUT2D eigenvalue weighted by Crippen LogP contribution is 2.22. The number of methoxy groups -OCH3 is 1. The van der Waals surface area contributed by atoms with Crippen LogP contribution in [0.2, 0.25) is 0 Å². The third-order valence-electron chi connectivity index (χ3n) is 3.65. The minimum atomic E-state index is -3.90. The molecule has 1 amide bonds. The summed E-state index contributed by atoms with van der Waals surface area (Å²) in [6.07, 6.45) is 0. The molecule has 0 aromatic heterocycles. The lowest BCUT2D eigenvalue weighted by molar-refractivity contribution is 0.0947. The van der Waals surface area contributed by atoms with Crippen LogP contribution in [-0.4, -0.2) is 35.5 Å². The first kappa shape index (κ1) is 18.8. The molecule has 7 nitrogen and oxygen atoms in total. The summed E-state index contributed by atoms with van der Waals surface area (Å²) in [5.74, 6) is -0.174. The topological polar surface area (TPSA) is 102 Å². The Labute approximate surface area is 147 Å². The van der Waals surface area contributed by atoms with Crippen molar-refractivity contribution in [1.29, 1.82) is 0 Å². The summed E-state index contributed by atoms with van der Waals surface area (Å²) in [5.41, 5.74) is 2.08. The van der Waals surface area contributed by atoms with Crippen molar-refractivity contribution in [2.24, 2.45) is 5.14 Å². The number of hydrogen-bond donors (Lipinski definition) is 2. The minimum Gasteiger partial charge on any atom is -0.496 e. The van der Waals surface area contributed by atoms with Gasteiger partial charge in [-0.05, 0) is 35.9 Å². The molecule has 3 N–H and O–H groups in total. The molecule has 25 heavy (non-hydrogen) atoms. The number of nitrogens with one attached hydrogen (secondary N) is 1. The van der Waals surface area contributed by atoms with Crippen molar-refractivity contribution in [3.8, 4) is 5.75 Å². The summed E-state index contributed by atoms with van der Waals surface area (Å²) in [4.78, 5) is 14.3. The van der Waals surface area contributed by atoms with Gasteiger partial charge in [-0.15, -0.1) is 0 Å². The molecule has 0 aliphatic rings. The quantitative estimate of drug-likeness (QED) is 0.806. The Kier molecular flexibility index (Phi) is 5.66. The zero-order valence-corrected chi connectivity index (χ0v) is 15.1. The van der Waals surface area contributed by atoms with Crippen molar-refractivity contribution in [3.05, 3.63) is 53.6 Å². The number of nitrogens with zero attached hydrogens (tertiary/aromatic N) is 1. The van der Waals surface area contributed by atoms with Gasteiger partial charge in [-0.2, -0.15) is 0 Å². The second-order valence-electron chi connectivity index (χ2n) is 5.65. The molecular formula is C17H21N3O4S. The van der Waals surface area contributed by atoms with Crippen molar-refractivity contribution >= 4 is 21.6 Å². The van der Waals surface area contributed by atoms with Crippen molar-refractivity contribution in [2.75, 3.05) is 26.1 Å². The molecule has 0 atom stereocenters. The van der Waals surface area contributed by atoms with E-state index in [4.69, 9.17) is 9.88 Å². The Morgan fingerprint density at radius 1 is 1.16 bits per heavy atom. The van der Waals surface area contributed by atoms with Crippen LogP contribution in [0.5, 0.6) is 5.75 Å². The van der Waals surface area contributed by atoms with Gasteiger partial charge in [-0.25, -0.2) is 13.6 Å². The second kappa shape index (κ2) is 7.54. The summed E-state index contributed by atoms with van der Waals surface area (Å²) in [5, 5.41) is 7.87. The molecule has 0 heterocycles. The van der Waals surface area contributed by atoms with E-state index in [0.717, 1.165) is 11.3 Å². The molecule has 0 spiro atoms. The van der Waals surface area contributed by atoms with Crippen molar-refractivity contribution < 1.29 is 17.9 Å². The zero-order chi connectivity index (χ0) is 18.6. The van der Waals surface area contributed by atoms with Crippen LogP contribution in [0.3, 0.4) is 0 Å². The molecule has 2 aromatic carbocycles. The van der Waals surface area contributed by atoms with Gasteiger partial charge in [0.1, 0.15) is 5.75 Å². The van der Waals surface area contributed by atoms with E-state index in [2.05, 4.69) is 5.32 Å². The third-order valence-corrected chi connectivity index (χ3v) is 4.56. The summed E-state index contributed by atoms with van der Waals surface area (Å²) in [7, 11) is 1.39. The summed E-state index contributed by atoms with van der Waals surface area (Å²) in [6.45, 7) is 0.301. The number of sulfonamides is 1. The molecule has 8 heteroatoms. The van der Waals surface area contributed by atoms with Crippen LogP contribution in [0.4, 0.5) is 5.69 Å². The van der Waals surface area contributed by atoms with E-state index in [1.165, 1.54) is 25.3 Å². The van der Waals surface area contributed by atoms with Crippen LogP contribution in [0.1, 0.15) is 15.9 Å². The lowest BCUT2D eigenvalue weighted by Crippen LogP contribution is -2.24. The van der Waals surface area contributed by atoms with Gasteiger partial charge < -0.3 is 15.0 Å². The molecule has 0 bridgehead atoms. The van der Waals surface area contributed by atoms with Crippen LogP contribution < -0.4 is 20.1 Å². The lowest BCUT2D eigenvalue weighted by Gasteiger charge is -2.13. The SMILES string of the molecule is COc1ccc(S(N)(=O)=O)cc1C(=O)NCc1ccc(N(C)C)cc1. The fraction of sp³-hybridized carbons (Fsp3) is 0.235. The fourth-order valence-electron chi connectivity index (χ4n) is 2.23. The first-order valence-electron chi connectivity index (χ1n) is 7.47. The summed E-state index contributed by atoms with van der Waals surface area (Å²) < 4.78 is 28.1. The lowest BCUT2D eigenvalue weighted by atomic mass is 10.1. The number of nitrogens with two attached hydrogens (primary N) is 1. The number of anilines is 1. The van der Waals surface area contributed by atoms with Gasteiger partial charge in [0.2, 0.25) is 10.0 Å². The Bertz CT molecular complexity index is 862. The van der Waals surface area contributed by atoms with Crippen LogP contribution in [0, 0.1) is 0 Å². The Morgan fingerprint density at radius 2 is 1.80 bits per heavy atom. The first-order chi connectivity index (χ1) is 11.7. The largest absolute Gasteiger partial charge is 0.496 e. The highest BCUT2D eigenvalue weighted by Gasteiger charge is 2.17. The molecule has 2 rings (SSSR count). The molecule has 0 aliphatic carbocycles. The zero-order valence-electron chi connectivity index (χ0n) is 14.3. The fourth-order valence-corrected chi connectivity index (χ4v) is 2.77. The van der Waals surface area contributed by atoms with Crippen molar-refractivity contribution in [2.45, 2.75) is 11.4 Å². The maximum Gasteiger partial charge on any atom is 0.255 e. The van der Waals surface area contributed by atoms with Gasteiger partial charge in [0.05, 0.1) is 17.6 Å². The van der Waals surface area contributed by atoms with Gasteiger partial charge in [0.25, 0.3) is 5.91 Å². The molecular weight excluding hydrogens is 342 g/mol. The number of carbonyl (C=O) groups is 1. The molecule has 0 radical (unpaired) electrons. The van der Waals surface area contributed by atoms with Crippen molar-refractivity contribution in [1.82, 2.24) is 5.32 Å². The maximum absolute atomic E-state index is 12.4. The smallest absolute Gasteiger partial charge is 0.255 e. The van der Waals surface area contributed by atoms with Gasteiger partial charge in [0.15, 0.2) is 0 Å². The molecule has 2 aromatic rings. The monoisotopic (exact) mass is 363 g/mol. The first-order valence-corrected chi connectivity index (χ1v) is 9.02. The van der Waals surface area contributed by atoms with Crippen LogP contribution in [-0.2, 0) is 16.6 Å². The highest BCUT2D eigenvalue weighted by molar-refractivity contribution is 7.89. The van der Waals surface area contributed by atoms with E-state index in [1.54, 1.807) is 0 Å². The van der Waals surface area contributed by atoms with E-state index in [1.807, 2.05) is 43.3 Å². The molecule has 0 saturated carbocycles. The van der Waals surface area contributed by atoms with E-state index in [0.29, 0.717) is 6.54 Å². The molecule has 0 aliphatic heterocycles. The van der Waals surface area contributed by atoms with Crippen LogP contribution in [0.15, 0.2) is 47.4 Å². The van der Waals surface area contributed by atoms with Gasteiger partial charge >= 0.3 is 0 Å². The van der Waals surface area contributed by atoms with E-state index in [-0.39, 0.29) is 16.2 Å². The Morgan fingerprint density at radius 3 is 2.32 bits per heavy atom. The number of carbonyl (C=O) groups excluding carboxylic acids is 1. The molecule has 0 saturated heterocycles. The Hall–Kier alpha value is -2.58. The average Bonchev–Trinajstić information content (AvgIpc) is 2.58. The average molecular weight is 363 g/mol. The highest BCUT2D eigenvalue weighted by atomic mass is 32.2. The normalized spacial score (nSPS) is 11.0. The second-order valence-corrected chi connectivity index (χ2v) is 7.21. The van der Waals surface area contributed by atoms with Gasteiger partial charge in [-0.1, -0.05) is 12.1 Å². The molecule has 134 valence electrons. The standard InChI is InChI=1S/C17H21N3O4S/c1-20(2)13-6-4-12(5-7-13)11-19-17(21)15-10-14(25(18,22)23)8-9-16(15)24-3/h4-10H,11H2,1-3H3,(H,19,21)(H2,18,22,23). The van der Waals surface area contributed by atoms with E-state index in [9.17, 15) is 13.2 Å². The third kappa shape index (κ3) is 4.71. The number of rotatable bonds is 6. The minimum absolute atomic E-state index is 0.110. The number of hydrogen-bond acceptors (Lipinski definition) is 5. The van der Waals surface area contributed by atoms with Crippen molar-refractivity contribution in [3.63, 3.8) is 0 Å². The number of benzene rings is 2. The number of amides is 1. The Balaban J connectivity index is 2.17. The molecule has 0 unspecified atom stereocenters. The molecule has 0 fully saturated rings. The predicted molar refractivity (Wildman–Crippen MR) is 96.3 cm³/mol. The van der Waals surface area contributed by atoms with E-state index < -0.39 is 15.9 Å². The van der Waals surface area contributed by atoms with Crippen LogP contribution >= 0.6 is 0 Å². The van der Waals surface area contributed by atoms with Gasteiger partial charge in [-0.3, -0.25) is 4.79 Å². The van der Waals surface area contributed by atoms with E-state index >= 15 is 0 Å². The summed E-state index contributed by atoms with van der Waals surface area (Å²) in [6, 6.07) is 11.6. The number of primary sulfonamides is 1. The van der Waals surface area contributed by atoms with Crippen LogP contribution in [0.25, 0.3) is 0 Å². The number of ether oxygens (including phenoxy) is 1. The van der Waals surface area contributed by atoms with Gasteiger partial charge in [0, 0.05) is 26.3 Å². The maximum atomic E-state index is 12.4. The summed E-state index contributed by atoms with van der Waals surface area (Å²) >= 11 is 0.